The van der Waals surface area contributed by atoms with E-state index in [9.17, 15) is 13.2 Å². The summed E-state index contributed by atoms with van der Waals surface area (Å²) < 4.78 is 50.5. The molecule has 0 unspecified atom stereocenters. The van der Waals surface area contributed by atoms with Crippen LogP contribution in [0.3, 0.4) is 0 Å². The average molecular weight is 164 g/mol. The Labute approximate surface area is 52.0 Å². The van der Waals surface area contributed by atoms with Gasteiger partial charge in [-0.2, -0.15) is 13.2 Å². The van der Waals surface area contributed by atoms with Gasteiger partial charge >= 0.3 is 5.51 Å². The van der Waals surface area contributed by atoms with E-state index in [4.69, 9.17) is 9.11 Å². The normalized spacial score (nSPS) is 15.8. The van der Waals surface area contributed by atoms with Crippen molar-refractivity contribution in [3.8, 4) is 0 Å². The van der Waals surface area contributed by atoms with Crippen molar-refractivity contribution in [3.63, 3.8) is 0 Å². The van der Waals surface area contributed by atoms with E-state index in [1.54, 1.807) is 0 Å². The molecule has 0 saturated heterocycles. The van der Waals surface area contributed by atoms with E-state index in [2.05, 4.69) is 0 Å². The zero-order valence-electron chi connectivity index (χ0n) is 4.64. The summed E-state index contributed by atoms with van der Waals surface area (Å²) in [6.45, 7) is 1.07. The Morgan fingerprint density at radius 1 is 1.33 bits per heavy atom. The van der Waals surface area contributed by atoms with E-state index < -0.39 is 21.9 Å². The first kappa shape index (κ1) is 9.06. The zero-order valence-corrected chi connectivity index (χ0v) is 5.46. The van der Waals surface area contributed by atoms with Crippen LogP contribution in [0, 0.1) is 0 Å². The van der Waals surface area contributed by atoms with Crippen LogP contribution in [0.2, 0.25) is 0 Å². The largest absolute Gasteiger partial charge is 0.496 e. The predicted molar refractivity (Wildman–Crippen MR) is 29.4 cm³/mol. The first-order chi connectivity index (χ1) is 3.81. The number of hydrogen-bond donors (Lipinski definition) is 2. The van der Waals surface area contributed by atoms with Gasteiger partial charge in [0.1, 0.15) is 0 Å². The molecule has 9 heavy (non-hydrogen) atoms. The Morgan fingerprint density at radius 3 is 1.67 bits per heavy atom. The molecule has 0 bridgehead atoms. The van der Waals surface area contributed by atoms with Crippen LogP contribution in [-0.2, 0) is 0 Å². The summed E-state index contributed by atoms with van der Waals surface area (Å²) in [5, 5.41) is 0. The average Bonchev–Trinajstić information content (AvgIpc) is 1.64. The van der Waals surface area contributed by atoms with Crippen molar-refractivity contribution < 1.29 is 22.3 Å². The van der Waals surface area contributed by atoms with Crippen LogP contribution in [0.1, 0.15) is 6.92 Å². The Kier molecular flexibility index (Phi) is 2.37. The second-order valence-corrected chi connectivity index (χ2v) is 3.77. The van der Waals surface area contributed by atoms with E-state index in [0.29, 0.717) is 0 Å². The highest BCUT2D eigenvalue weighted by Crippen LogP contribution is 2.54. The van der Waals surface area contributed by atoms with E-state index >= 15 is 0 Å². The van der Waals surface area contributed by atoms with Gasteiger partial charge in [-0.3, -0.25) is 9.11 Å². The van der Waals surface area contributed by atoms with Gasteiger partial charge in [-0.1, -0.05) is 0 Å². The third kappa shape index (κ3) is 2.04. The predicted octanol–water partition coefficient (Wildman–Crippen LogP) is 2.28. The number of halogens is 3. The van der Waals surface area contributed by atoms with Gasteiger partial charge in [0.25, 0.3) is 0 Å². The van der Waals surface area contributed by atoms with E-state index in [1.165, 1.54) is 0 Å². The highest BCUT2D eigenvalue weighted by Gasteiger charge is 2.43. The molecule has 0 atom stereocenters. The van der Waals surface area contributed by atoms with Gasteiger partial charge < -0.3 is 0 Å². The Bertz CT molecular complexity index is 99.7. The summed E-state index contributed by atoms with van der Waals surface area (Å²) in [6, 6.07) is 0. The molecule has 0 fully saturated rings. The molecule has 0 amide bonds. The molecule has 0 aliphatic heterocycles. The topological polar surface area (TPSA) is 40.5 Å². The van der Waals surface area contributed by atoms with Crippen LogP contribution >= 0.6 is 10.6 Å². The van der Waals surface area contributed by atoms with Gasteiger partial charge in [0.2, 0.25) is 0 Å². The lowest BCUT2D eigenvalue weighted by Crippen LogP contribution is -2.20. The Balaban J connectivity index is 4.14. The van der Waals surface area contributed by atoms with Gasteiger partial charge in [-0.15, -0.1) is 10.6 Å². The second-order valence-electron chi connectivity index (χ2n) is 1.40. The SMILES string of the molecule is CCS(O)(O)C(F)(F)F. The number of hydrogen-bond acceptors (Lipinski definition) is 2. The van der Waals surface area contributed by atoms with Gasteiger partial charge in [0, 0.05) is 5.75 Å². The molecule has 0 saturated carbocycles. The van der Waals surface area contributed by atoms with Crippen LogP contribution in [0.5, 0.6) is 0 Å². The molecule has 0 aromatic rings. The smallest absolute Gasteiger partial charge is 0.292 e. The molecule has 2 nitrogen and oxygen atoms in total. The molecule has 6 heteroatoms. The van der Waals surface area contributed by atoms with Gasteiger partial charge in [0.05, 0.1) is 0 Å². The summed E-state index contributed by atoms with van der Waals surface area (Å²) >= 11 is 0. The van der Waals surface area contributed by atoms with Crippen molar-refractivity contribution in [2.75, 3.05) is 5.75 Å². The quantitative estimate of drug-likeness (QED) is 0.624. The number of rotatable bonds is 1. The molecule has 0 aliphatic carbocycles. The lowest BCUT2D eigenvalue weighted by molar-refractivity contribution is -0.0524. The number of alkyl halides is 3. The van der Waals surface area contributed by atoms with Crippen LogP contribution in [0.4, 0.5) is 13.2 Å². The first-order valence-electron chi connectivity index (χ1n) is 2.13. The lowest BCUT2D eigenvalue weighted by atomic mass is 11.0. The van der Waals surface area contributed by atoms with Crippen molar-refractivity contribution in [1.82, 2.24) is 0 Å². The maximum Gasteiger partial charge on any atom is 0.496 e. The second kappa shape index (κ2) is 2.36. The van der Waals surface area contributed by atoms with Gasteiger partial charge in [-0.25, -0.2) is 0 Å². The fraction of sp³-hybridized carbons (Fsp3) is 1.00. The maximum atomic E-state index is 11.4. The summed E-state index contributed by atoms with van der Waals surface area (Å²) in [6.07, 6.45) is 0. The summed E-state index contributed by atoms with van der Waals surface area (Å²) in [7, 11) is -4.34. The summed E-state index contributed by atoms with van der Waals surface area (Å²) in [4.78, 5) is 0. The van der Waals surface area contributed by atoms with Crippen molar-refractivity contribution in [1.29, 1.82) is 0 Å². The molecular formula is C3H7F3O2S. The standard InChI is InChI=1S/C3H7F3O2S/c1-2-9(7,8)3(4,5)6/h7-8H,2H2,1H3. The lowest BCUT2D eigenvalue weighted by Gasteiger charge is -2.32. The highest BCUT2D eigenvalue weighted by molar-refractivity contribution is 8.25. The fourth-order valence-electron chi connectivity index (χ4n) is 0.164. The third-order valence-electron chi connectivity index (χ3n) is 0.773. The molecule has 2 N–H and O–H groups in total. The van der Waals surface area contributed by atoms with Crippen molar-refractivity contribution in [2.24, 2.45) is 0 Å². The van der Waals surface area contributed by atoms with Crippen LogP contribution in [0.25, 0.3) is 0 Å². The highest BCUT2D eigenvalue weighted by atomic mass is 32.3. The van der Waals surface area contributed by atoms with Crippen molar-refractivity contribution >= 4 is 10.6 Å². The minimum atomic E-state index is -4.86. The molecule has 0 aliphatic rings. The van der Waals surface area contributed by atoms with Gasteiger partial charge in [0.15, 0.2) is 0 Å². The first-order valence-corrected chi connectivity index (χ1v) is 3.85. The molecule has 58 valence electrons. The van der Waals surface area contributed by atoms with Crippen LogP contribution in [-0.4, -0.2) is 20.4 Å². The summed E-state index contributed by atoms with van der Waals surface area (Å²) in [5.41, 5.74) is -4.86. The third-order valence-corrected chi connectivity index (χ3v) is 2.32. The van der Waals surface area contributed by atoms with Crippen molar-refractivity contribution in [2.45, 2.75) is 12.4 Å². The minimum Gasteiger partial charge on any atom is -0.292 e. The minimum absolute atomic E-state index is 0.670. The molecule has 0 heterocycles. The molecule has 0 aromatic heterocycles. The molecule has 0 radical (unpaired) electrons. The molecule has 0 aromatic carbocycles. The Morgan fingerprint density at radius 2 is 1.67 bits per heavy atom. The molecule has 0 rings (SSSR count). The van der Waals surface area contributed by atoms with Crippen molar-refractivity contribution in [3.05, 3.63) is 0 Å². The Hall–Kier alpha value is 0.0600. The monoisotopic (exact) mass is 164 g/mol. The fourth-order valence-corrected chi connectivity index (χ4v) is 0.491. The van der Waals surface area contributed by atoms with E-state index in [0.717, 1.165) is 6.92 Å². The van der Waals surface area contributed by atoms with Gasteiger partial charge in [-0.05, 0) is 6.92 Å². The molecular weight excluding hydrogens is 157 g/mol. The molecule has 0 spiro atoms. The van der Waals surface area contributed by atoms with E-state index in [-0.39, 0.29) is 0 Å². The van der Waals surface area contributed by atoms with Crippen LogP contribution < -0.4 is 0 Å². The van der Waals surface area contributed by atoms with E-state index in [1.807, 2.05) is 0 Å². The maximum absolute atomic E-state index is 11.4. The summed E-state index contributed by atoms with van der Waals surface area (Å²) in [5.74, 6) is -0.670. The van der Waals surface area contributed by atoms with Crippen LogP contribution in [0.15, 0.2) is 0 Å². The zero-order chi connectivity index (χ0) is 7.71.